The topological polar surface area (TPSA) is 38.7 Å². The first-order valence-corrected chi connectivity index (χ1v) is 20.1. The van der Waals surface area contributed by atoms with E-state index in [1.165, 1.54) is 74.1 Å². The Hall–Kier alpha value is -6.01. The second kappa shape index (κ2) is 12.3. The van der Waals surface area contributed by atoms with Crippen LogP contribution in [0.5, 0.6) is 0 Å². The van der Waals surface area contributed by atoms with Crippen molar-refractivity contribution in [3.8, 4) is 34.2 Å². The summed E-state index contributed by atoms with van der Waals surface area (Å²) in [5.41, 5.74) is 12.1. The van der Waals surface area contributed by atoms with Crippen LogP contribution in [0.2, 0.25) is 0 Å². The molecule has 2 atom stereocenters. The molecule has 3 nitrogen and oxygen atoms in total. The highest BCUT2D eigenvalue weighted by molar-refractivity contribution is 7.25. The molecule has 0 aliphatic heterocycles. The van der Waals surface area contributed by atoms with Crippen molar-refractivity contribution in [2.24, 2.45) is 11.8 Å². The normalized spacial score (nSPS) is 17.6. The monoisotopic (exact) mass is 727 g/mol. The lowest BCUT2D eigenvalue weighted by Crippen LogP contribution is -2.19. The number of allylic oxidation sites excluding steroid dienone is 7. The summed E-state index contributed by atoms with van der Waals surface area (Å²) in [6, 6.07) is 40.7. The minimum Gasteiger partial charge on any atom is -0.208 e. The Morgan fingerprint density at radius 2 is 1.30 bits per heavy atom. The van der Waals surface area contributed by atoms with Gasteiger partial charge in [0.05, 0.1) is 0 Å². The number of fused-ring (bicyclic) bond motifs is 9. The van der Waals surface area contributed by atoms with E-state index in [4.69, 9.17) is 15.0 Å². The molecule has 3 aliphatic rings. The zero-order valence-electron chi connectivity index (χ0n) is 29.4. The Morgan fingerprint density at radius 3 is 2.17 bits per heavy atom. The lowest BCUT2D eigenvalue weighted by molar-refractivity contribution is 0.671. The van der Waals surface area contributed by atoms with E-state index in [0.29, 0.717) is 17.5 Å². The summed E-state index contributed by atoms with van der Waals surface area (Å²) in [5, 5.41) is 3.70. The fourth-order valence-corrected chi connectivity index (χ4v) is 11.2. The van der Waals surface area contributed by atoms with Crippen LogP contribution in [-0.2, 0) is 6.42 Å². The average Bonchev–Trinajstić information content (AvgIpc) is 3.89. The van der Waals surface area contributed by atoms with E-state index in [-0.39, 0.29) is 11.8 Å². The van der Waals surface area contributed by atoms with Gasteiger partial charge in [0, 0.05) is 63.7 Å². The maximum absolute atomic E-state index is 5.27. The Balaban J connectivity index is 1.07. The van der Waals surface area contributed by atoms with Gasteiger partial charge in [-0.15, -0.1) is 29.3 Å². The van der Waals surface area contributed by atoms with Crippen LogP contribution >= 0.6 is 22.7 Å². The van der Waals surface area contributed by atoms with Gasteiger partial charge in [0.15, 0.2) is 17.5 Å². The molecule has 3 aromatic heterocycles. The molecule has 0 saturated carbocycles. The van der Waals surface area contributed by atoms with Gasteiger partial charge in [0.25, 0.3) is 0 Å². The van der Waals surface area contributed by atoms with E-state index in [1.807, 2.05) is 40.9 Å². The summed E-state index contributed by atoms with van der Waals surface area (Å²) in [6.45, 7) is 8.97. The maximum Gasteiger partial charge on any atom is 0.164 e. The van der Waals surface area contributed by atoms with E-state index in [1.54, 1.807) is 0 Å². The van der Waals surface area contributed by atoms with Crippen LogP contribution < -0.4 is 0 Å². The van der Waals surface area contributed by atoms with Crippen molar-refractivity contribution in [1.29, 1.82) is 0 Å². The molecule has 0 bridgehead atoms. The largest absolute Gasteiger partial charge is 0.208 e. The van der Waals surface area contributed by atoms with Crippen molar-refractivity contribution in [2.75, 3.05) is 0 Å². The number of hydrogen-bond acceptors (Lipinski definition) is 5. The summed E-state index contributed by atoms with van der Waals surface area (Å²) >= 11 is 3.72. The van der Waals surface area contributed by atoms with Gasteiger partial charge in [-0.3, -0.25) is 0 Å². The van der Waals surface area contributed by atoms with Crippen molar-refractivity contribution in [2.45, 2.75) is 12.8 Å². The van der Waals surface area contributed by atoms with Gasteiger partial charge in [0.1, 0.15) is 0 Å². The van der Waals surface area contributed by atoms with E-state index in [2.05, 4.69) is 135 Å². The van der Waals surface area contributed by atoms with Gasteiger partial charge in [-0.25, -0.2) is 15.0 Å². The standard InChI is InChI=1S/C49H33N3S2/c1-3-32-34(22-23-37-35-15-8-7-14-33(35)28(2)45(32)37)30-20-24-43-40(26-30)46-38(17-11-19-44(46)54-43)49-51-47(29-12-5-4-6-13-29)50-48(52-49)31-21-25-42-39(27-31)36-16-9-10-18-41(36)53-42/h3-19,21-23,25-27,32,45H,1-2,20,24H2. The number of hydrogen-bond donors (Lipinski definition) is 0. The zero-order chi connectivity index (χ0) is 35.9. The molecular weight excluding hydrogens is 695 g/mol. The third-order valence-electron chi connectivity index (χ3n) is 11.4. The number of thiophene rings is 2. The summed E-state index contributed by atoms with van der Waals surface area (Å²) < 4.78 is 3.80. The number of nitrogens with zero attached hydrogens (tertiary/aromatic N) is 3. The molecule has 0 amide bonds. The molecule has 54 heavy (non-hydrogen) atoms. The molecule has 11 rings (SSSR count). The molecule has 0 radical (unpaired) electrons. The second-order valence-corrected chi connectivity index (χ2v) is 16.5. The van der Waals surface area contributed by atoms with Gasteiger partial charge in [-0.05, 0) is 88.2 Å². The van der Waals surface area contributed by atoms with Crippen LogP contribution in [0.3, 0.4) is 0 Å². The Kier molecular flexibility index (Phi) is 7.16. The molecular formula is C49H33N3S2. The van der Waals surface area contributed by atoms with Gasteiger partial charge in [-0.2, -0.15) is 0 Å². The fraction of sp³-hybridized carbons (Fsp3) is 0.0816. The Bertz CT molecular complexity index is 2990. The van der Waals surface area contributed by atoms with Gasteiger partial charge < -0.3 is 0 Å². The molecule has 3 aliphatic carbocycles. The van der Waals surface area contributed by atoms with Crippen molar-refractivity contribution in [3.05, 3.63) is 179 Å². The maximum atomic E-state index is 5.27. The van der Waals surface area contributed by atoms with Crippen molar-refractivity contribution < 1.29 is 0 Å². The van der Waals surface area contributed by atoms with Crippen LogP contribution in [0.1, 0.15) is 28.0 Å². The lowest BCUT2D eigenvalue weighted by Gasteiger charge is -2.31. The molecule has 5 aromatic carbocycles. The first-order chi connectivity index (χ1) is 26.6. The third kappa shape index (κ3) is 4.82. The fourth-order valence-electron chi connectivity index (χ4n) is 8.87. The first kappa shape index (κ1) is 31.5. The van der Waals surface area contributed by atoms with E-state index in [9.17, 15) is 0 Å². The molecule has 3 heterocycles. The van der Waals surface area contributed by atoms with Gasteiger partial charge >= 0.3 is 0 Å². The number of rotatable bonds is 5. The van der Waals surface area contributed by atoms with Crippen molar-refractivity contribution in [3.63, 3.8) is 0 Å². The minimum atomic E-state index is 0.166. The number of aryl methyl sites for hydroxylation is 1. The van der Waals surface area contributed by atoms with E-state index < -0.39 is 0 Å². The van der Waals surface area contributed by atoms with Crippen LogP contribution in [0, 0.1) is 11.8 Å². The van der Waals surface area contributed by atoms with Crippen LogP contribution in [-0.4, -0.2) is 15.0 Å². The first-order valence-electron chi connectivity index (χ1n) is 18.4. The van der Waals surface area contributed by atoms with E-state index in [0.717, 1.165) is 29.5 Å². The van der Waals surface area contributed by atoms with Crippen LogP contribution in [0.25, 0.3) is 81.6 Å². The van der Waals surface area contributed by atoms with Gasteiger partial charge in [0.2, 0.25) is 0 Å². The minimum absolute atomic E-state index is 0.166. The van der Waals surface area contributed by atoms with E-state index >= 15 is 0 Å². The number of aromatic nitrogens is 3. The molecule has 5 heteroatoms. The molecule has 2 unspecified atom stereocenters. The van der Waals surface area contributed by atoms with Crippen LogP contribution in [0.15, 0.2) is 158 Å². The molecule has 0 saturated heterocycles. The predicted octanol–water partition coefficient (Wildman–Crippen LogP) is 13.3. The molecule has 256 valence electrons. The van der Waals surface area contributed by atoms with Crippen molar-refractivity contribution >= 4 is 70.2 Å². The quantitative estimate of drug-likeness (QED) is 0.166. The Morgan fingerprint density at radius 1 is 0.593 bits per heavy atom. The predicted molar refractivity (Wildman–Crippen MR) is 229 cm³/mol. The highest BCUT2D eigenvalue weighted by Gasteiger charge is 2.39. The summed E-state index contributed by atoms with van der Waals surface area (Å²) in [7, 11) is 0. The average molecular weight is 728 g/mol. The van der Waals surface area contributed by atoms with Crippen molar-refractivity contribution in [1.82, 2.24) is 15.0 Å². The molecule has 0 fully saturated rings. The Labute approximate surface area is 321 Å². The molecule has 0 spiro atoms. The highest BCUT2D eigenvalue weighted by atomic mass is 32.1. The lowest BCUT2D eigenvalue weighted by atomic mass is 9.72. The third-order valence-corrected chi connectivity index (χ3v) is 13.8. The molecule has 8 aromatic rings. The molecule has 0 N–H and O–H groups in total. The smallest absolute Gasteiger partial charge is 0.164 e. The summed E-state index contributed by atoms with van der Waals surface area (Å²) in [4.78, 5) is 17.0. The summed E-state index contributed by atoms with van der Waals surface area (Å²) in [6.07, 6.45) is 11.3. The SMILES string of the molecule is C=CC1C(C2=Cc3c(sc4cccc(-c5nc(-c6ccccc6)nc(-c6ccc7sc8ccccc8c7c6)n5)c34)CC2)=CC=C2c3ccccc3C(=C)C21. The summed E-state index contributed by atoms with van der Waals surface area (Å²) in [5.74, 6) is 2.41. The zero-order valence-corrected chi connectivity index (χ0v) is 31.1. The second-order valence-electron chi connectivity index (χ2n) is 14.3. The number of benzene rings is 5. The van der Waals surface area contributed by atoms with Gasteiger partial charge in [-0.1, -0.05) is 110 Å². The van der Waals surface area contributed by atoms with Crippen LogP contribution in [0.4, 0.5) is 0 Å². The highest BCUT2D eigenvalue weighted by Crippen LogP contribution is 2.54.